The molecule has 2 amide bonds. The highest BCUT2D eigenvalue weighted by Crippen LogP contribution is 2.15. The molecule has 0 aromatic heterocycles. The first-order valence-electron chi connectivity index (χ1n) is 6.63. The molecule has 106 valence electrons. The number of carbonyl (C=O) groups is 2. The zero-order valence-corrected chi connectivity index (χ0v) is 13.4. The second kappa shape index (κ2) is 9.36. The van der Waals surface area contributed by atoms with Crippen LogP contribution in [0.5, 0.6) is 0 Å². The van der Waals surface area contributed by atoms with E-state index in [2.05, 4.69) is 21.2 Å². The number of rotatable bonds is 8. The molecule has 1 unspecified atom stereocenters. The van der Waals surface area contributed by atoms with Crippen molar-refractivity contribution in [3.63, 3.8) is 0 Å². The first kappa shape index (κ1) is 17.4. The minimum absolute atomic E-state index is 0.00139. The van der Waals surface area contributed by atoms with Gasteiger partial charge >= 0.3 is 0 Å². The van der Waals surface area contributed by atoms with Crippen LogP contribution in [-0.4, -0.2) is 41.2 Å². The fraction of sp³-hybridized carbons (Fsp3) is 0.846. The van der Waals surface area contributed by atoms with Gasteiger partial charge in [0.25, 0.3) is 0 Å². The lowest BCUT2D eigenvalue weighted by molar-refractivity contribution is -0.136. The molecule has 0 aliphatic rings. The molecule has 0 bridgehead atoms. The van der Waals surface area contributed by atoms with E-state index in [0.29, 0.717) is 13.1 Å². The SMILES string of the molecule is CCCNC(=O)CN(CCC)C(=O)C(Br)C(C)C. The van der Waals surface area contributed by atoms with Crippen molar-refractivity contribution in [3.05, 3.63) is 0 Å². The number of amides is 2. The molecule has 5 heteroatoms. The predicted octanol–water partition coefficient (Wildman–Crippen LogP) is 2.17. The highest BCUT2D eigenvalue weighted by Gasteiger charge is 2.25. The number of alkyl halides is 1. The Hall–Kier alpha value is -0.580. The second-order valence-corrected chi connectivity index (χ2v) is 5.74. The molecule has 0 heterocycles. The van der Waals surface area contributed by atoms with E-state index in [1.54, 1.807) is 4.90 Å². The van der Waals surface area contributed by atoms with Gasteiger partial charge in [0.15, 0.2) is 0 Å². The summed E-state index contributed by atoms with van der Waals surface area (Å²) in [7, 11) is 0. The average Bonchev–Trinajstić information content (AvgIpc) is 2.33. The summed E-state index contributed by atoms with van der Waals surface area (Å²) in [4.78, 5) is 25.3. The number of hydrogen-bond acceptors (Lipinski definition) is 2. The maximum Gasteiger partial charge on any atom is 0.239 e. The summed E-state index contributed by atoms with van der Waals surface area (Å²) in [5, 5.41) is 2.80. The molecule has 0 aliphatic carbocycles. The summed E-state index contributed by atoms with van der Waals surface area (Å²) in [6, 6.07) is 0. The van der Waals surface area contributed by atoms with Gasteiger partial charge in [-0.25, -0.2) is 0 Å². The van der Waals surface area contributed by atoms with Crippen molar-refractivity contribution < 1.29 is 9.59 Å². The van der Waals surface area contributed by atoms with Crippen LogP contribution in [0.4, 0.5) is 0 Å². The molecule has 18 heavy (non-hydrogen) atoms. The van der Waals surface area contributed by atoms with Gasteiger partial charge in [0.1, 0.15) is 0 Å². The Morgan fingerprint density at radius 3 is 2.28 bits per heavy atom. The van der Waals surface area contributed by atoms with Gasteiger partial charge in [-0.2, -0.15) is 0 Å². The molecule has 0 aromatic carbocycles. The van der Waals surface area contributed by atoms with Gasteiger partial charge in [-0.15, -0.1) is 0 Å². The van der Waals surface area contributed by atoms with Crippen molar-refractivity contribution in [1.82, 2.24) is 10.2 Å². The fourth-order valence-corrected chi connectivity index (χ4v) is 1.78. The minimum atomic E-state index is -0.219. The number of nitrogens with one attached hydrogen (secondary N) is 1. The Morgan fingerprint density at radius 1 is 1.22 bits per heavy atom. The van der Waals surface area contributed by atoms with Crippen molar-refractivity contribution in [2.24, 2.45) is 5.92 Å². The predicted molar refractivity (Wildman–Crippen MR) is 77.7 cm³/mol. The van der Waals surface area contributed by atoms with E-state index >= 15 is 0 Å². The van der Waals surface area contributed by atoms with Crippen molar-refractivity contribution in [3.8, 4) is 0 Å². The summed E-state index contributed by atoms with van der Waals surface area (Å²) in [5.41, 5.74) is 0. The molecular weight excluding hydrogens is 296 g/mol. The number of carbonyl (C=O) groups excluding carboxylic acids is 2. The fourth-order valence-electron chi connectivity index (χ4n) is 1.49. The van der Waals surface area contributed by atoms with Crippen LogP contribution in [0.2, 0.25) is 0 Å². The first-order valence-corrected chi connectivity index (χ1v) is 7.55. The zero-order valence-electron chi connectivity index (χ0n) is 11.8. The summed E-state index contributed by atoms with van der Waals surface area (Å²) in [6.45, 7) is 9.41. The van der Waals surface area contributed by atoms with E-state index in [4.69, 9.17) is 0 Å². The first-order chi connectivity index (χ1) is 8.43. The highest BCUT2D eigenvalue weighted by molar-refractivity contribution is 9.10. The maximum absolute atomic E-state index is 12.2. The minimum Gasteiger partial charge on any atom is -0.355 e. The van der Waals surface area contributed by atoms with E-state index in [1.165, 1.54) is 0 Å². The smallest absolute Gasteiger partial charge is 0.239 e. The molecule has 1 N–H and O–H groups in total. The van der Waals surface area contributed by atoms with E-state index in [1.807, 2.05) is 27.7 Å². The molecule has 0 aliphatic heterocycles. The van der Waals surface area contributed by atoms with Gasteiger partial charge in [-0.05, 0) is 18.8 Å². The summed E-state index contributed by atoms with van der Waals surface area (Å²) in [6.07, 6.45) is 1.76. The normalized spacial score (nSPS) is 12.3. The van der Waals surface area contributed by atoms with Gasteiger partial charge in [0.2, 0.25) is 11.8 Å². The Labute approximate surface area is 119 Å². The standard InChI is InChI=1S/C13H25BrN2O2/c1-5-7-15-11(17)9-16(8-6-2)13(18)12(14)10(3)4/h10,12H,5-9H2,1-4H3,(H,15,17). The van der Waals surface area contributed by atoms with Crippen LogP contribution in [0.3, 0.4) is 0 Å². The lowest BCUT2D eigenvalue weighted by Crippen LogP contribution is -2.45. The van der Waals surface area contributed by atoms with E-state index in [0.717, 1.165) is 12.8 Å². The van der Waals surface area contributed by atoms with Crippen LogP contribution in [0.15, 0.2) is 0 Å². The molecule has 0 radical (unpaired) electrons. The quantitative estimate of drug-likeness (QED) is 0.697. The van der Waals surface area contributed by atoms with Crippen molar-refractivity contribution in [2.45, 2.75) is 45.4 Å². The Kier molecular flexibility index (Phi) is 9.06. The molecule has 0 aromatic rings. The van der Waals surface area contributed by atoms with Crippen LogP contribution in [0.1, 0.15) is 40.5 Å². The topological polar surface area (TPSA) is 49.4 Å². The Morgan fingerprint density at radius 2 is 1.83 bits per heavy atom. The maximum atomic E-state index is 12.2. The van der Waals surface area contributed by atoms with Gasteiger partial charge in [0, 0.05) is 13.1 Å². The summed E-state index contributed by atoms with van der Waals surface area (Å²) < 4.78 is 0. The molecule has 0 saturated carbocycles. The molecule has 0 saturated heterocycles. The number of nitrogens with zero attached hydrogens (tertiary/aromatic N) is 1. The third-order valence-electron chi connectivity index (χ3n) is 2.53. The second-order valence-electron chi connectivity index (χ2n) is 4.76. The van der Waals surface area contributed by atoms with E-state index < -0.39 is 0 Å². The van der Waals surface area contributed by atoms with Crippen LogP contribution >= 0.6 is 15.9 Å². The molecule has 0 spiro atoms. The number of halogens is 1. The van der Waals surface area contributed by atoms with Crippen molar-refractivity contribution in [2.75, 3.05) is 19.6 Å². The van der Waals surface area contributed by atoms with Crippen LogP contribution in [-0.2, 0) is 9.59 Å². The van der Waals surface area contributed by atoms with Crippen LogP contribution < -0.4 is 5.32 Å². The van der Waals surface area contributed by atoms with Gasteiger partial charge < -0.3 is 10.2 Å². The largest absolute Gasteiger partial charge is 0.355 e. The molecule has 0 fully saturated rings. The highest BCUT2D eigenvalue weighted by atomic mass is 79.9. The Bertz CT molecular complexity index is 270. The summed E-state index contributed by atoms with van der Waals surface area (Å²) >= 11 is 3.40. The van der Waals surface area contributed by atoms with Crippen LogP contribution in [0.25, 0.3) is 0 Å². The van der Waals surface area contributed by atoms with Crippen LogP contribution in [0, 0.1) is 5.92 Å². The zero-order chi connectivity index (χ0) is 14.1. The third kappa shape index (κ3) is 6.38. The van der Waals surface area contributed by atoms with E-state index in [-0.39, 0.29) is 29.1 Å². The number of hydrogen-bond donors (Lipinski definition) is 1. The van der Waals surface area contributed by atoms with Crippen molar-refractivity contribution >= 4 is 27.7 Å². The monoisotopic (exact) mass is 320 g/mol. The van der Waals surface area contributed by atoms with E-state index in [9.17, 15) is 9.59 Å². The lowest BCUT2D eigenvalue weighted by atomic mass is 10.1. The molecular formula is C13H25BrN2O2. The molecule has 4 nitrogen and oxygen atoms in total. The average molecular weight is 321 g/mol. The molecule has 0 rings (SSSR count). The van der Waals surface area contributed by atoms with Gasteiger partial charge in [-0.3, -0.25) is 9.59 Å². The summed E-state index contributed by atoms with van der Waals surface area (Å²) in [5.74, 6) is 0.135. The Balaban J connectivity index is 4.46. The van der Waals surface area contributed by atoms with Crippen molar-refractivity contribution in [1.29, 1.82) is 0 Å². The van der Waals surface area contributed by atoms with Gasteiger partial charge in [-0.1, -0.05) is 43.6 Å². The third-order valence-corrected chi connectivity index (χ3v) is 3.98. The van der Waals surface area contributed by atoms with Gasteiger partial charge in [0.05, 0.1) is 11.4 Å². The molecule has 1 atom stereocenters. The lowest BCUT2D eigenvalue weighted by Gasteiger charge is -2.25.